The summed E-state index contributed by atoms with van der Waals surface area (Å²) in [5, 5.41) is 0.251. The summed E-state index contributed by atoms with van der Waals surface area (Å²) in [4.78, 5) is 0. The highest BCUT2D eigenvalue weighted by molar-refractivity contribution is 9.10. The lowest BCUT2D eigenvalue weighted by Crippen LogP contribution is -2.41. The predicted molar refractivity (Wildman–Crippen MR) is 92.8 cm³/mol. The van der Waals surface area contributed by atoms with E-state index in [-0.39, 0.29) is 16.6 Å². The first-order chi connectivity index (χ1) is 8.96. The molecule has 0 N–H and O–H groups in total. The Hall–Kier alpha value is -0.123. The van der Waals surface area contributed by atoms with E-state index in [1.165, 1.54) is 15.6 Å². The van der Waals surface area contributed by atoms with E-state index in [0.717, 1.165) is 6.42 Å². The maximum absolute atomic E-state index is 6.72. The minimum atomic E-state index is -1.74. The van der Waals surface area contributed by atoms with Gasteiger partial charge in [0.05, 0.1) is 6.10 Å². The van der Waals surface area contributed by atoms with Crippen LogP contribution in [0.4, 0.5) is 0 Å². The van der Waals surface area contributed by atoms with Crippen LogP contribution in [-0.2, 0) is 9.84 Å². The molecule has 1 aromatic carbocycles. The molecule has 0 heterocycles. The zero-order valence-electron chi connectivity index (χ0n) is 13.8. The Kier molecular flexibility index (Phi) is 4.03. The molecule has 0 fully saturated rings. The van der Waals surface area contributed by atoms with Crippen LogP contribution in [0, 0.1) is 0 Å². The van der Waals surface area contributed by atoms with Gasteiger partial charge < -0.3 is 4.43 Å². The Balaban J connectivity index is 2.39. The Morgan fingerprint density at radius 3 is 2.40 bits per heavy atom. The molecule has 2 rings (SSSR count). The number of hydrogen-bond acceptors (Lipinski definition) is 1. The maximum atomic E-state index is 6.72. The molecule has 0 bridgehead atoms. The fourth-order valence-electron chi connectivity index (χ4n) is 2.76. The number of halogens is 1. The topological polar surface area (TPSA) is 9.23 Å². The van der Waals surface area contributed by atoms with E-state index >= 15 is 0 Å². The van der Waals surface area contributed by atoms with Crippen molar-refractivity contribution in [3.05, 3.63) is 33.8 Å². The molecular formula is C17H27BrOSi. The molecule has 0 spiro atoms. The summed E-state index contributed by atoms with van der Waals surface area (Å²) in [6, 6.07) is 6.54. The lowest BCUT2D eigenvalue weighted by Gasteiger charge is -2.39. The summed E-state index contributed by atoms with van der Waals surface area (Å²) in [6.45, 7) is 16.3. The second-order valence-corrected chi connectivity index (χ2v) is 13.8. The van der Waals surface area contributed by atoms with Crippen molar-refractivity contribution in [1.29, 1.82) is 0 Å². The number of rotatable bonds is 2. The molecule has 1 nitrogen and oxygen atoms in total. The number of hydrogen-bond donors (Lipinski definition) is 0. The average Bonchev–Trinajstić information content (AvgIpc) is 2.49. The van der Waals surface area contributed by atoms with Crippen LogP contribution in [0.2, 0.25) is 18.1 Å². The van der Waals surface area contributed by atoms with Crippen LogP contribution < -0.4 is 0 Å². The SMILES string of the molecule is CC1(C)CC(O[Si](C)(C)C(C)(C)C)c2c(Br)cccc21. The minimum Gasteiger partial charge on any atom is -0.410 e. The van der Waals surface area contributed by atoms with Gasteiger partial charge in [-0.25, -0.2) is 0 Å². The quantitative estimate of drug-likeness (QED) is 0.575. The van der Waals surface area contributed by atoms with Gasteiger partial charge in [-0.3, -0.25) is 0 Å². The molecule has 0 saturated heterocycles. The van der Waals surface area contributed by atoms with Crippen LogP contribution in [0.25, 0.3) is 0 Å². The van der Waals surface area contributed by atoms with E-state index in [9.17, 15) is 0 Å². The van der Waals surface area contributed by atoms with Crippen LogP contribution in [0.15, 0.2) is 22.7 Å². The summed E-state index contributed by atoms with van der Waals surface area (Å²) in [7, 11) is -1.74. The van der Waals surface area contributed by atoms with E-state index in [4.69, 9.17) is 4.43 Å². The molecule has 0 aliphatic heterocycles. The Morgan fingerprint density at radius 1 is 1.25 bits per heavy atom. The standard InChI is InChI=1S/C17H27BrOSi/c1-16(2,3)20(6,7)19-14-11-17(4,5)12-9-8-10-13(18)15(12)14/h8-10,14H,11H2,1-7H3. The Morgan fingerprint density at radius 2 is 1.85 bits per heavy atom. The highest BCUT2D eigenvalue weighted by atomic mass is 79.9. The van der Waals surface area contributed by atoms with Crippen molar-refractivity contribution in [3.63, 3.8) is 0 Å². The van der Waals surface area contributed by atoms with Gasteiger partial charge in [0.2, 0.25) is 0 Å². The first-order valence-corrected chi connectivity index (χ1v) is 11.1. The van der Waals surface area contributed by atoms with Crippen molar-refractivity contribution in [2.24, 2.45) is 0 Å². The second kappa shape index (κ2) is 4.96. The van der Waals surface area contributed by atoms with Crippen molar-refractivity contribution in [2.75, 3.05) is 0 Å². The highest BCUT2D eigenvalue weighted by Gasteiger charge is 2.45. The molecule has 1 aromatic rings. The maximum Gasteiger partial charge on any atom is 0.192 e. The zero-order valence-corrected chi connectivity index (χ0v) is 16.4. The molecule has 1 atom stereocenters. The Bertz CT molecular complexity index is 514. The lowest BCUT2D eigenvalue weighted by molar-refractivity contribution is 0.167. The van der Waals surface area contributed by atoms with E-state index < -0.39 is 8.32 Å². The van der Waals surface area contributed by atoms with Gasteiger partial charge in [-0.2, -0.15) is 0 Å². The van der Waals surface area contributed by atoms with Crippen molar-refractivity contribution >= 4 is 24.2 Å². The number of benzene rings is 1. The summed E-state index contributed by atoms with van der Waals surface area (Å²) in [5.41, 5.74) is 3.02. The van der Waals surface area contributed by atoms with E-state index in [1.54, 1.807) is 0 Å². The smallest absolute Gasteiger partial charge is 0.192 e. The van der Waals surface area contributed by atoms with Gasteiger partial charge in [0.1, 0.15) is 0 Å². The van der Waals surface area contributed by atoms with Gasteiger partial charge in [0.25, 0.3) is 0 Å². The average molecular weight is 355 g/mol. The summed E-state index contributed by atoms with van der Waals surface area (Å²) < 4.78 is 7.91. The second-order valence-electron chi connectivity index (χ2n) is 8.16. The van der Waals surface area contributed by atoms with Gasteiger partial charge in [-0.05, 0) is 47.2 Å². The molecule has 1 unspecified atom stereocenters. The molecule has 0 radical (unpaired) electrons. The minimum absolute atomic E-state index is 0.201. The van der Waals surface area contributed by atoms with Gasteiger partial charge >= 0.3 is 0 Å². The van der Waals surface area contributed by atoms with Crippen molar-refractivity contribution < 1.29 is 4.43 Å². The largest absolute Gasteiger partial charge is 0.410 e. The molecule has 20 heavy (non-hydrogen) atoms. The molecule has 1 aliphatic carbocycles. The Labute approximate surface area is 133 Å². The third-order valence-electron chi connectivity index (χ3n) is 5.04. The predicted octanol–water partition coefficient (Wildman–Crippen LogP) is 6.19. The van der Waals surface area contributed by atoms with Gasteiger partial charge in [-0.1, -0.05) is 62.7 Å². The number of fused-ring (bicyclic) bond motifs is 1. The van der Waals surface area contributed by atoms with Crippen LogP contribution in [-0.4, -0.2) is 8.32 Å². The van der Waals surface area contributed by atoms with Crippen LogP contribution in [0.3, 0.4) is 0 Å². The summed E-state index contributed by atoms with van der Waals surface area (Å²) in [5.74, 6) is 0. The van der Waals surface area contributed by atoms with Gasteiger partial charge in [-0.15, -0.1) is 0 Å². The van der Waals surface area contributed by atoms with Crippen molar-refractivity contribution in [2.45, 2.75) is 70.7 Å². The first kappa shape index (κ1) is 16.3. The van der Waals surface area contributed by atoms with Crippen molar-refractivity contribution in [1.82, 2.24) is 0 Å². The fourth-order valence-corrected chi connectivity index (χ4v) is 4.65. The molecule has 112 valence electrons. The van der Waals surface area contributed by atoms with E-state index in [2.05, 4.69) is 81.8 Å². The molecule has 3 heteroatoms. The van der Waals surface area contributed by atoms with Gasteiger partial charge in [0, 0.05) is 4.47 Å². The van der Waals surface area contributed by atoms with E-state index in [1.807, 2.05) is 0 Å². The molecule has 0 aromatic heterocycles. The van der Waals surface area contributed by atoms with Crippen LogP contribution in [0.5, 0.6) is 0 Å². The third-order valence-corrected chi connectivity index (χ3v) is 10.2. The van der Waals surface area contributed by atoms with E-state index in [0.29, 0.717) is 0 Å². The lowest BCUT2D eigenvalue weighted by atomic mass is 9.87. The summed E-state index contributed by atoms with van der Waals surface area (Å²) in [6.07, 6.45) is 1.31. The summed E-state index contributed by atoms with van der Waals surface area (Å²) >= 11 is 3.73. The third kappa shape index (κ3) is 2.77. The molecule has 0 saturated carbocycles. The highest BCUT2D eigenvalue weighted by Crippen LogP contribution is 2.51. The normalized spacial score (nSPS) is 21.9. The zero-order chi connectivity index (χ0) is 15.3. The molecule has 0 amide bonds. The van der Waals surface area contributed by atoms with Crippen LogP contribution >= 0.6 is 15.9 Å². The molecule has 1 aliphatic rings. The van der Waals surface area contributed by atoms with Gasteiger partial charge in [0.15, 0.2) is 8.32 Å². The monoisotopic (exact) mass is 354 g/mol. The van der Waals surface area contributed by atoms with Crippen molar-refractivity contribution in [3.8, 4) is 0 Å². The molecular weight excluding hydrogens is 328 g/mol. The first-order valence-electron chi connectivity index (χ1n) is 7.42. The fraction of sp³-hybridized carbons (Fsp3) is 0.647. The van der Waals surface area contributed by atoms with Crippen LogP contribution in [0.1, 0.15) is 58.3 Å².